The third-order valence-corrected chi connectivity index (χ3v) is 4.78. The molecule has 1 atom stereocenters. The van der Waals surface area contributed by atoms with E-state index in [-0.39, 0.29) is 11.9 Å². The van der Waals surface area contributed by atoms with Crippen molar-refractivity contribution >= 4 is 16.9 Å². The van der Waals surface area contributed by atoms with Gasteiger partial charge >= 0.3 is 0 Å². The van der Waals surface area contributed by atoms with E-state index >= 15 is 0 Å². The number of aryl methyl sites for hydroxylation is 1. The van der Waals surface area contributed by atoms with Crippen LogP contribution in [0.15, 0.2) is 54.6 Å². The topological polar surface area (TPSA) is 72.9 Å². The maximum absolute atomic E-state index is 12.4. The van der Waals surface area contributed by atoms with Crippen LogP contribution in [0.4, 0.5) is 0 Å². The van der Waals surface area contributed by atoms with Gasteiger partial charge in [0.15, 0.2) is 0 Å². The van der Waals surface area contributed by atoms with Gasteiger partial charge in [-0.2, -0.15) is 0 Å². The highest BCUT2D eigenvalue weighted by molar-refractivity contribution is 5.79. The second-order valence-corrected chi connectivity index (χ2v) is 6.83. The van der Waals surface area contributed by atoms with Crippen LogP contribution in [0.2, 0.25) is 0 Å². The molecule has 27 heavy (non-hydrogen) atoms. The molecule has 5 heteroatoms. The summed E-state index contributed by atoms with van der Waals surface area (Å²) in [5.41, 5.74) is 8.85. The lowest BCUT2D eigenvalue weighted by atomic mass is 10.1. The van der Waals surface area contributed by atoms with Crippen molar-refractivity contribution in [3.63, 3.8) is 0 Å². The number of hydrogen-bond acceptors (Lipinski definition) is 3. The summed E-state index contributed by atoms with van der Waals surface area (Å²) < 4.78 is 2.14. The highest BCUT2D eigenvalue weighted by Gasteiger charge is 2.15. The van der Waals surface area contributed by atoms with Gasteiger partial charge in [-0.05, 0) is 30.7 Å². The molecule has 1 unspecified atom stereocenters. The minimum atomic E-state index is 0.0354. The number of rotatable bonds is 9. The zero-order valence-electron chi connectivity index (χ0n) is 15.9. The SMILES string of the molecule is CCCCC(CN)NC(=O)CCc1nc2ccccc2n1-c1ccccc1. The summed E-state index contributed by atoms with van der Waals surface area (Å²) in [6.45, 7) is 2.62. The molecule has 2 aromatic carbocycles. The Kier molecular flexibility index (Phi) is 6.60. The van der Waals surface area contributed by atoms with Crippen LogP contribution in [-0.2, 0) is 11.2 Å². The molecule has 3 rings (SSSR count). The minimum absolute atomic E-state index is 0.0354. The first-order chi connectivity index (χ1) is 13.2. The summed E-state index contributed by atoms with van der Waals surface area (Å²) >= 11 is 0. The second kappa shape index (κ2) is 9.33. The average Bonchev–Trinajstić information content (AvgIpc) is 3.08. The Morgan fingerprint density at radius 1 is 1.15 bits per heavy atom. The fourth-order valence-electron chi connectivity index (χ4n) is 3.33. The molecule has 3 aromatic rings. The van der Waals surface area contributed by atoms with E-state index in [1.165, 1.54) is 0 Å². The predicted molar refractivity (Wildman–Crippen MR) is 110 cm³/mol. The number of nitrogens with zero attached hydrogens (tertiary/aromatic N) is 2. The molecule has 1 amide bonds. The average molecular weight is 364 g/mol. The van der Waals surface area contributed by atoms with E-state index in [0.29, 0.717) is 19.4 Å². The fourth-order valence-corrected chi connectivity index (χ4v) is 3.33. The highest BCUT2D eigenvalue weighted by atomic mass is 16.1. The lowest BCUT2D eigenvalue weighted by molar-refractivity contribution is -0.121. The van der Waals surface area contributed by atoms with E-state index in [1.54, 1.807) is 0 Å². The summed E-state index contributed by atoms with van der Waals surface area (Å²) in [4.78, 5) is 17.2. The van der Waals surface area contributed by atoms with Crippen LogP contribution in [0.25, 0.3) is 16.7 Å². The Morgan fingerprint density at radius 3 is 2.63 bits per heavy atom. The van der Waals surface area contributed by atoms with Crippen molar-refractivity contribution in [1.29, 1.82) is 0 Å². The van der Waals surface area contributed by atoms with Gasteiger partial charge in [0.2, 0.25) is 5.91 Å². The van der Waals surface area contributed by atoms with Crippen LogP contribution in [-0.4, -0.2) is 28.0 Å². The molecule has 1 aromatic heterocycles. The van der Waals surface area contributed by atoms with E-state index < -0.39 is 0 Å². The van der Waals surface area contributed by atoms with Crippen molar-refractivity contribution in [2.24, 2.45) is 5.73 Å². The van der Waals surface area contributed by atoms with Crippen LogP contribution in [0.5, 0.6) is 0 Å². The van der Waals surface area contributed by atoms with Crippen LogP contribution >= 0.6 is 0 Å². The van der Waals surface area contributed by atoms with Gasteiger partial charge in [0, 0.05) is 31.1 Å². The summed E-state index contributed by atoms with van der Waals surface area (Å²) in [5.74, 6) is 0.934. The Hall–Kier alpha value is -2.66. The number of benzene rings is 2. The summed E-state index contributed by atoms with van der Waals surface area (Å²) in [5, 5.41) is 3.06. The Morgan fingerprint density at radius 2 is 1.89 bits per heavy atom. The number of aromatic nitrogens is 2. The monoisotopic (exact) mass is 364 g/mol. The largest absolute Gasteiger partial charge is 0.352 e. The first kappa shape index (κ1) is 19.1. The quantitative estimate of drug-likeness (QED) is 0.609. The molecule has 0 fully saturated rings. The second-order valence-electron chi connectivity index (χ2n) is 6.83. The number of hydrogen-bond donors (Lipinski definition) is 2. The van der Waals surface area contributed by atoms with Crippen molar-refractivity contribution in [2.45, 2.75) is 45.1 Å². The number of imidazole rings is 1. The van der Waals surface area contributed by atoms with Gasteiger partial charge in [0.25, 0.3) is 0 Å². The lowest BCUT2D eigenvalue weighted by Gasteiger charge is -2.16. The zero-order valence-corrected chi connectivity index (χ0v) is 15.9. The molecular formula is C22H28N4O. The standard InChI is InChI=1S/C22H28N4O/c1-2-3-9-17(16-23)24-22(27)15-14-21-25-19-12-7-8-13-20(19)26(21)18-10-5-4-6-11-18/h4-8,10-13,17H,2-3,9,14-16,23H2,1H3,(H,24,27). The van der Waals surface area contributed by atoms with Crippen LogP contribution in [0.1, 0.15) is 38.4 Å². The molecule has 0 bridgehead atoms. The first-order valence-corrected chi connectivity index (χ1v) is 9.74. The van der Waals surface area contributed by atoms with Gasteiger partial charge in [-0.15, -0.1) is 0 Å². The lowest BCUT2D eigenvalue weighted by Crippen LogP contribution is -2.40. The van der Waals surface area contributed by atoms with E-state index in [4.69, 9.17) is 10.7 Å². The molecule has 142 valence electrons. The maximum Gasteiger partial charge on any atom is 0.220 e. The molecule has 0 radical (unpaired) electrons. The highest BCUT2D eigenvalue weighted by Crippen LogP contribution is 2.22. The number of amides is 1. The molecule has 1 heterocycles. The third-order valence-electron chi connectivity index (χ3n) is 4.78. The molecule has 0 spiro atoms. The van der Waals surface area contributed by atoms with Gasteiger partial charge < -0.3 is 11.1 Å². The summed E-state index contributed by atoms with van der Waals surface area (Å²) in [6.07, 6.45) is 4.10. The first-order valence-electron chi connectivity index (χ1n) is 9.74. The molecule has 5 nitrogen and oxygen atoms in total. The van der Waals surface area contributed by atoms with Crippen LogP contribution in [0, 0.1) is 0 Å². The predicted octanol–water partition coefficient (Wildman–Crippen LogP) is 3.59. The van der Waals surface area contributed by atoms with Gasteiger partial charge in [-0.1, -0.05) is 50.1 Å². The number of nitrogens with two attached hydrogens (primary N) is 1. The molecule has 0 saturated heterocycles. The van der Waals surface area contributed by atoms with E-state index in [2.05, 4.69) is 35.0 Å². The molecular weight excluding hydrogens is 336 g/mol. The number of fused-ring (bicyclic) bond motifs is 1. The third kappa shape index (κ3) is 4.74. The Bertz CT molecular complexity index is 872. The molecule has 0 aliphatic rings. The fraction of sp³-hybridized carbons (Fsp3) is 0.364. The van der Waals surface area contributed by atoms with Crippen molar-refractivity contribution in [3.05, 3.63) is 60.4 Å². The molecule has 3 N–H and O–H groups in total. The maximum atomic E-state index is 12.4. The normalized spacial score (nSPS) is 12.2. The summed E-state index contributed by atoms with van der Waals surface area (Å²) in [6, 6.07) is 18.3. The van der Waals surface area contributed by atoms with Gasteiger partial charge in [0.05, 0.1) is 11.0 Å². The van der Waals surface area contributed by atoms with E-state index in [0.717, 1.165) is 41.8 Å². The number of carbonyl (C=O) groups is 1. The number of unbranched alkanes of at least 4 members (excludes halogenated alkanes) is 1. The Balaban J connectivity index is 1.76. The van der Waals surface area contributed by atoms with Crippen LogP contribution in [0.3, 0.4) is 0 Å². The van der Waals surface area contributed by atoms with Gasteiger partial charge in [-0.25, -0.2) is 4.98 Å². The van der Waals surface area contributed by atoms with E-state index in [1.807, 2.05) is 36.4 Å². The molecule has 0 aliphatic carbocycles. The smallest absolute Gasteiger partial charge is 0.220 e. The number of nitrogens with one attached hydrogen (secondary N) is 1. The molecule has 0 aliphatic heterocycles. The summed E-state index contributed by atoms with van der Waals surface area (Å²) in [7, 11) is 0. The zero-order chi connectivity index (χ0) is 19.1. The van der Waals surface area contributed by atoms with Crippen molar-refractivity contribution < 1.29 is 4.79 Å². The Labute approximate surface area is 160 Å². The molecule has 0 saturated carbocycles. The minimum Gasteiger partial charge on any atom is -0.352 e. The number of carbonyl (C=O) groups excluding carboxylic acids is 1. The van der Waals surface area contributed by atoms with Crippen molar-refractivity contribution in [2.75, 3.05) is 6.54 Å². The van der Waals surface area contributed by atoms with Crippen LogP contribution < -0.4 is 11.1 Å². The number of para-hydroxylation sites is 3. The van der Waals surface area contributed by atoms with Gasteiger partial charge in [0.1, 0.15) is 5.82 Å². The van der Waals surface area contributed by atoms with Gasteiger partial charge in [-0.3, -0.25) is 9.36 Å². The van der Waals surface area contributed by atoms with E-state index in [9.17, 15) is 4.79 Å². The van der Waals surface area contributed by atoms with Crippen molar-refractivity contribution in [1.82, 2.24) is 14.9 Å². The van der Waals surface area contributed by atoms with Crippen molar-refractivity contribution in [3.8, 4) is 5.69 Å².